The molecule has 5 heteroatoms. The van der Waals surface area contributed by atoms with Crippen LogP contribution >= 0.6 is 12.4 Å². The number of hydrogen-bond donors (Lipinski definition) is 0. The fourth-order valence-corrected chi connectivity index (χ4v) is 3.07. The fourth-order valence-electron chi connectivity index (χ4n) is 3.07. The molecule has 0 saturated heterocycles. The van der Waals surface area contributed by atoms with Crippen LogP contribution < -0.4 is 4.74 Å². The molecule has 0 spiro atoms. The molecule has 1 unspecified atom stereocenters. The van der Waals surface area contributed by atoms with Crippen LogP contribution in [0.1, 0.15) is 33.3 Å². The molecular formula is C23H32ClNO3. The van der Waals surface area contributed by atoms with Gasteiger partial charge < -0.3 is 9.47 Å². The third-order valence-corrected chi connectivity index (χ3v) is 4.41. The van der Waals surface area contributed by atoms with Crippen LogP contribution in [0.15, 0.2) is 60.7 Å². The molecule has 0 radical (unpaired) electrons. The molecule has 0 heterocycles. The van der Waals surface area contributed by atoms with Gasteiger partial charge in [-0.25, -0.2) is 0 Å². The summed E-state index contributed by atoms with van der Waals surface area (Å²) in [5.74, 6) is 0.553. The number of rotatable bonds is 10. The Morgan fingerprint density at radius 2 is 1.43 bits per heavy atom. The Morgan fingerprint density at radius 1 is 0.893 bits per heavy atom. The largest absolute Gasteiger partial charge is 0.490 e. The summed E-state index contributed by atoms with van der Waals surface area (Å²) < 4.78 is 11.7. The van der Waals surface area contributed by atoms with Crippen molar-refractivity contribution in [2.24, 2.45) is 0 Å². The monoisotopic (exact) mass is 405 g/mol. The zero-order valence-corrected chi connectivity index (χ0v) is 18.0. The van der Waals surface area contributed by atoms with Gasteiger partial charge in [-0.05, 0) is 45.4 Å². The summed E-state index contributed by atoms with van der Waals surface area (Å²) in [7, 11) is 0. The second kappa shape index (κ2) is 12.4. The minimum Gasteiger partial charge on any atom is -0.490 e. The van der Waals surface area contributed by atoms with Crippen molar-refractivity contribution in [2.75, 3.05) is 13.2 Å². The molecule has 2 rings (SSSR count). The summed E-state index contributed by atoms with van der Waals surface area (Å²) in [6.07, 6.45) is -0.0577. The van der Waals surface area contributed by atoms with Crippen LogP contribution in [0.25, 0.3) is 0 Å². The summed E-state index contributed by atoms with van der Waals surface area (Å²) in [6.45, 7) is 9.59. The average molecular weight is 406 g/mol. The highest BCUT2D eigenvalue weighted by molar-refractivity contribution is 5.85. The van der Waals surface area contributed by atoms with E-state index in [2.05, 4.69) is 32.6 Å². The van der Waals surface area contributed by atoms with Crippen LogP contribution in [0, 0.1) is 0 Å². The molecule has 4 nitrogen and oxygen atoms in total. The predicted octanol–water partition coefficient (Wildman–Crippen LogP) is 4.76. The Hall–Kier alpha value is -2.04. The molecular weight excluding hydrogens is 374 g/mol. The highest BCUT2D eigenvalue weighted by Gasteiger charge is 2.23. The van der Waals surface area contributed by atoms with E-state index in [0.717, 1.165) is 11.3 Å². The molecule has 1 atom stereocenters. The molecule has 0 aliphatic rings. The number of hydrogen-bond acceptors (Lipinski definition) is 4. The third kappa shape index (κ3) is 8.32. The lowest BCUT2D eigenvalue weighted by Crippen LogP contribution is -2.45. The zero-order chi connectivity index (χ0) is 19.6. The van der Waals surface area contributed by atoms with Gasteiger partial charge in [-0.1, -0.05) is 48.5 Å². The lowest BCUT2D eigenvalue weighted by atomic mass is 10.1. The predicted molar refractivity (Wildman–Crippen MR) is 116 cm³/mol. The maximum atomic E-state index is 12.5. The van der Waals surface area contributed by atoms with E-state index in [9.17, 15) is 4.79 Å². The number of esters is 1. The Labute approximate surface area is 175 Å². The maximum Gasteiger partial charge on any atom is 0.310 e. The van der Waals surface area contributed by atoms with Gasteiger partial charge in [0.05, 0.1) is 6.42 Å². The van der Waals surface area contributed by atoms with Gasteiger partial charge in [0.2, 0.25) is 0 Å². The van der Waals surface area contributed by atoms with Crippen molar-refractivity contribution in [1.29, 1.82) is 0 Å². The quantitative estimate of drug-likeness (QED) is 0.534. The molecule has 0 aliphatic heterocycles. The van der Waals surface area contributed by atoms with Crippen molar-refractivity contribution >= 4 is 18.4 Å². The molecule has 0 aromatic heterocycles. The number of para-hydroxylation sites is 1. The number of carbonyl (C=O) groups is 1. The Morgan fingerprint density at radius 3 is 1.96 bits per heavy atom. The van der Waals surface area contributed by atoms with Crippen LogP contribution in [0.4, 0.5) is 0 Å². The maximum absolute atomic E-state index is 12.5. The standard InChI is InChI=1S/C23H31NO3.ClH/c1-18(2)24(19(3)4)16-22(17-26-21-13-9-6-10-14-21)27-23(25)15-20-11-7-5-8-12-20;/h5-14,18-19,22H,15-17H2,1-4H3;1H. The Bertz CT molecular complexity index is 669. The number of ether oxygens (including phenoxy) is 2. The highest BCUT2D eigenvalue weighted by Crippen LogP contribution is 2.13. The topological polar surface area (TPSA) is 38.8 Å². The van der Waals surface area contributed by atoms with E-state index in [4.69, 9.17) is 9.47 Å². The minimum atomic E-state index is -0.328. The number of benzene rings is 2. The van der Waals surface area contributed by atoms with Gasteiger partial charge >= 0.3 is 5.97 Å². The SMILES string of the molecule is CC(C)N(CC(COc1ccccc1)OC(=O)Cc1ccccc1)C(C)C.Cl. The molecule has 0 amide bonds. The second-order valence-corrected chi connectivity index (χ2v) is 7.28. The highest BCUT2D eigenvalue weighted by atomic mass is 35.5. The molecule has 0 aliphatic carbocycles. The normalized spacial score (nSPS) is 12.0. The second-order valence-electron chi connectivity index (χ2n) is 7.28. The average Bonchev–Trinajstić information content (AvgIpc) is 2.65. The molecule has 2 aromatic carbocycles. The van der Waals surface area contributed by atoms with Crippen LogP contribution in [0.2, 0.25) is 0 Å². The molecule has 28 heavy (non-hydrogen) atoms. The van der Waals surface area contributed by atoms with Crippen molar-refractivity contribution in [1.82, 2.24) is 4.90 Å². The van der Waals surface area contributed by atoms with Crippen molar-refractivity contribution in [2.45, 2.75) is 52.3 Å². The molecule has 154 valence electrons. The number of carbonyl (C=O) groups excluding carboxylic acids is 1. The third-order valence-electron chi connectivity index (χ3n) is 4.41. The van der Waals surface area contributed by atoms with Gasteiger partial charge in [0.15, 0.2) is 0 Å². The summed E-state index contributed by atoms with van der Waals surface area (Å²) in [5.41, 5.74) is 0.954. The van der Waals surface area contributed by atoms with Crippen molar-refractivity contribution in [3.63, 3.8) is 0 Å². The first-order valence-corrected chi connectivity index (χ1v) is 9.62. The number of nitrogens with zero attached hydrogens (tertiary/aromatic N) is 1. The van der Waals surface area contributed by atoms with Crippen LogP contribution in [-0.2, 0) is 16.0 Å². The summed E-state index contributed by atoms with van der Waals surface area (Å²) >= 11 is 0. The Balaban J connectivity index is 0.00000392. The molecule has 0 fully saturated rings. The first-order valence-electron chi connectivity index (χ1n) is 9.62. The smallest absolute Gasteiger partial charge is 0.310 e. The molecule has 0 saturated carbocycles. The van der Waals surface area contributed by atoms with E-state index in [-0.39, 0.29) is 30.9 Å². The van der Waals surface area contributed by atoms with Gasteiger partial charge in [0.1, 0.15) is 18.5 Å². The Kier molecular flexibility index (Phi) is 10.6. The minimum absolute atomic E-state index is 0. The van der Waals surface area contributed by atoms with Crippen molar-refractivity contribution in [3.8, 4) is 5.75 Å². The zero-order valence-electron chi connectivity index (χ0n) is 17.2. The van der Waals surface area contributed by atoms with Gasteiger partial charge in [-0.3, -0.25) is 9.69 Å². The summed E-state index contributed by atoms with van der Waals surface area (Å²) in [6, 6.07) is 20.0. The van der Waals surface area contributed by atoms with E-state index in [0.29, 0.717) is 25.2 Å². The molecule has 0 bridgehead atoms. The van der Waals surface area contributed by atoms with Gasteiger partial charge in [0.25, 0.3) is 0 Å². The fraction of sp³-hybridized carbons (Fsp3) is 0.435. The number of halogens is 1. The molecule has 2 aromatic rings. The van der Waals surface area contributed by atoms with Gasteiger partial charge in [-0.2, -0.15) is 0 Å². The lowest BCUT2D eigenvalue weighted by Gasteiger charge is -2.33. The van der Waals surface area contributed by atoms with Gasteiger partial charge in [-0.15, -0.1) is 12.4 Å². The first-order chi connectivity index (χ1) is 13.0. The molecule has 0 N–H and O–H groups in total. The van der Waals surface area contributed by atoms with Gasteiger partial charge in [0, 0.05) is 18.6 Å². The van der Waals surface area contributed by atoms with E-state index in [1.54, 1.807) is 0 Å². The van der Waals surface area contributed by atoms with E-state index < -0.39 is 0 Å². The van der Waals surface area contributed by atoms with Crippen molar-refractivity contribution in [3.05, 3.63) is 66.2 Å². The summed E-state index contributed by atoms with van der Waals surface area (Å²) in [5, 5.41) is 0. The summed E-state index contributed by atoms with van der Waals surface area (Å²) in [4.78, 5) is 14.8. The van der Waals surface area contributed by atoms with Crippen LogP contribution in [0.3, 0.4) is 0 Å². The lowest BCUT2D eigenvalue weighted by molar-refractivity contribution is -0.151. The van der Waals surface area contributed by atoms with E-state index >= 15 is 0 Å². The van der Waals surface area contributed by atoms with E-state index in [1.165, 1.54) is 0 Å². The van der Waals surface area contributed by atoms with Crippen LogP contribution in [0.5, 0.6) is 5.75 Å². The van der Waals surface area contributed by atoms with Crippen LogP contribution in [-0.4, -0.2) is 42.2 Å². The first kappa shape index (κ1) is 24.0. The van der Waals surface area contributed by atoms with Crippen molar-refractivity contribution < 1.29 is 14.3 Å². The van der Waals surface area contributed by atoms with E-state index in [1.807, 2.05) is 60.7 Å².